The van der Waals surface area contributed by atoms with Gasteiger partial charge in [-0.2, -0.15) is 0 Å². The molecular formula is C65H97N3O11P+. The van der Waals surface area contributed by atoms with E-state index in [1.165, 1.54) is 12.0 Å². The highest BCUT2D eigenvalue weighted by Crippen LogP contribution is 2.70. The van der Waals surface area contributed by atoms with Crippen molar-refractivity contribution in [2.75, 3.05) is 79.4 Å². The number of likely N-dealkylation sites (N-methyl/N-ethyl adjacent to an activating group) is 1. The molecule has 5 aliphatic carbocycles. The summed E-state index contributed by atoms with van der Waals surface area (Å²) >= 11 is 0. The molecule has 2 heterocycles. The molecule has 2 N–H and O–H groups in total. The second kappa shape index (κ2) is 25.2. The quantitative estimate of drug-likeness (QED) is 0.0616. The largest absolute Gasteiger partial charge is 0.444 e. The normalized spacial score (nSPS) is 30.9. The van der Waals surface area contributed by atoms with Gasteiger partial charge in [-0.1, -0.05) is 94.0 Å². The van der Waals surface area contributed by atoms with Crippen molar-refractivity contribution in [3.05, 3.63) is 89.0 Å². The molecule has 2 aromatic carbocycles. The predicted molar refractivity (Wildman–Crippen MR) is 311 cm³/mol. The van der Waals surface area contributed by atoms with Gasteiger partial charge in [0.05, 0.1) is 51.5 Å². The first-order valence-electron chi connectivity index (χ1n) is 30.7. The summed E-state index contributed by atoms with van der Waals surface area (Å²) in [6, 6.07) is 16.2. The number of quaternary nitrogens is 1. The van der Waals surface area contributed by atoms with E-state index in [1.807, 2.05) is 45.0 Å². The number of benzene rings is 2. The molecule has 1 amide bonds. The number of aliphatic hydroxyl groups is 2. The minimum atomic E-state index is -3.04. The van der Waals surface area contributed by atoms with Gasteiger partial charge in [-0.15, -0.1) is 0 Å². The fraction of sp³-hybridized carbons (Fsp3) is 0.708. The number of amides is 1. The molecule has 0 bridgehead atoms. The van der Waals surface area contributed by atoms with Crippen LogP contribution in [-0.4, -0.2) is 151 Å². The Bertz CT molecular complexity index is 2580. The van der Waals surface area contributed by atoms with Crippen molar-refractivity contribution in [2.45, 2.75) is 180 Å². The Morgan fingerprint density at radius 2 is 1.66 bits per heavy atom. The smallest absolute Gasteiger partial charge is 0.410 e. The van der Waals surface area contributed by atoms with Crippen LogP contribution < -0.4 is 4.52 Å². The number of nitrogens with zero attached hydrogens (tertiary/aromatic N) is 3. The minimum absolute atomic E-state index is 0.0176. The first-order chi connectivity index (χ1) is 38.0. The Kier molecular flexibility index (Phi) is 19.2. The maximum Gasteiger partial charge on any atom is 0.410 e. The first kappa shape index (κ1) is 60.9. The number of carbonyl (C=O) groups excluding carboxylic acids is 3. The number of unbranched alkanes of at least 4 members (excludes halogenated alkanes) is 4. The van der Waals surface area contributed by atoms with E-state index in [0.29, 0.717) is 55.0 Å². The van der Waals surface area contributed by atoms with Crippen LogP contribution >= 0.6 is 7.37 Å². The molecular weight excluding hydrogens is 1030 g/mol. The third-order valence-electron chi connectivity index (χ3n) is 19.7. The standard InChI is InChI=1S/C65H97N3O11P/c1-62(2,3)78-61(73)67(32-18-9-10-19-37-75-38-20-17-23-46-21-13-11-14-22-46)43-55(71)48-26-27-49(56(39-48)79-80(7,8)74)45-68(6)35-33-66(34-36-68)44-57(72)65-58(76-60(77-65)47-24-15-12-16-25-47)41-53-52-29-28-50-40-51(69)30-31-63(50,4)59(52)54(70)42-64(53,65)5/h11,13-14,21-22,26-27,30-31,39-40,47,52-55,58-60,70-71H,9-10,12,15-20,23-25,28-29,32-38,41-45H2,1-8H3/q+1/t52-,53-,54-,55?,58+,59+,60+,63-,64-,65+/m0/s1. The van der Waals surface area contributed by atoms with E-state index in [9.17, 15) is 24.4 Å². The fourth-order valence-electron chi connectivity index (χ4n) is 15.5. The molecule has 14 nitrogen and oxygen atoms in total. The molecule has 7 aliphatic rings. The van der Waals surface area contributed by atoms with E-state index in [2.05, 4.69) is 50.1 Å². The lowest BCUT2D eigenvalue weighted by Gasteiger charge is -2.60. The summed E-state index contributed by atoms with van der Waals surface area (Å²) in [5.41, 5.74) is 0.980. The summed E-state index contributed by atoms with van der Waals surface area (Å²) in [5, 5.41) is 24.2. The van der Waals surface area contributed by atoms with E-state index in [4.69, 9.17) is 23.5 Å². The van der Waals surface area contributed by atoms with Crippen LogP contribution in [0.25, 0.3) is 0 Å². The summed E-state index contributed by atoms with van der Waals surface area (Å²) in [4.78, 5) is 45.5. The predicted octanol–water partition coefficient (Wildman–Crippen LogP) is 11.3. The van der Waals surface area contributed by atoms with Crippen LogP contribution in [0.5, 0.6) is 5.75 Å². The molecule has 4 saturated carbocycles. The van der Waals surface area contributed by atoms with Crippen molar-refractivity contribution < 1.29 is 57.1 Å². The Morgan fingerprint density at radius 3 is 2.38 bits per heavy atom. The molecule has 442 valence electrons. The Labute approximate surface area is 478 Å². The fourth-order valence-corrected chi connectivity index (χ4v) is 16.2. The van der Waals surface area contributed by atoms with Crippen LogP contribution in [0.2, 0.25) is 0 Å². The van der Waals surface area contributed by atoms with Crippen molar-refractivity contribution >= 4 is 25.0 Å². The summed E-state index contributed by atoms with van der Waals surface area (Å²) in [5.74, 6) is 1.01. The zero-order valence-electron chi connectivity index (χ0n) is 49.7. The Hall–Kier alpha value is -3.72. The van der Waals surface area contributed by atoms with Gasteiger partial charge >= 0.3 is 6.09 Å². The van der Waals surface area contributed by atoms with Gasteiger partial charge in [0.2, 0.25) is 7.37 Å². The van der Waals surface area contributed by atoms with Crippen molar-refractivity contribution in [3.63, 3.8) is 0 Å². The molecule has 6 fully saturated rings. The number of Topliss-reactive ketones (excluding diaryl/α,β-unsaturated/α-hetero) is 1. The number of hydrogen-bond acceptors (Lipinski definition) is 12. The molecule has 15 heteroatoms. The zero-order valence-corrected chi connectivity index (χ0v) is 50.6. The van der Waals surface area contributed by atoms with Crippen molar-refractivity contribution in [1.29, 1.82) is 0 Å². The van der Waals surface area contributed by atoms with Crippen LogP contribution in [0, 0.1) is 34.5 Å². The van der Waals surface area contributed by atoms with Crippen LogP contribution in [0.3, 0.4) is 0 Å². The minimum Gasteiger partial charge on any atom is -0.444 e. The van der Waals surface area contributed by atoms with Gasteiger partial charge in [-0.3, -0.25) is 19.1 Å². The summed E-state index contributed by atoms with van der Waals surface area (Å²) in [6.45, 7) is 18.7. The molecule has 80 heavy (non-hydrogen) atoms. The monoisotopic (exact) mass is 1130 g/mol. The highest BCUT2D eigenvalue weighted by atomic mass is 31.2. The van der Waals surface area contributed by atoms with Gasteiger partial charge in [-0.25, -0.2) is 4.79 Å². The highest BCUT2D eigenvalue weighted by molar-refractivity contribution is 7.57. The van der Waals surface area contributed by atoms with Crippen LogP contribution in [0.1, 0.15) is 154 Å². The van der Waals surface area contributed by atoms with E-state index in [-0.39, 0.29) is 54.4 Å². The van der Waals surface area contributed by atoms with E-state index < -0.39 is 54.0 Å². The van der Waals surface area contributed by atoms with Gasteiger partial charge in [0.1, 0.15) is 17.9 Å². The van der Waals surface area contributed by atoms with Gasteiger partial charge in [0.15, 0.2) is 23.5 Å². The van der Waals surface area contributed by atoms with Gasteiger partial charge in [0, 0.05) is 74.4 Å². The average molecular weight is 1130 g/mol. The van der Waals surface area contributed by atoms with Gasteiger partial charge in [0.25, 0.3) is 0 Å². The lowest BCUT2D eigenvalue weighted by atomic mass is 9.46. The number of ketones is 2. The molecule has 0 aromatic heterocycles. The summed E-state index contributed by atoms with van der Waals surface area (Å²) in [6.07, 6.45) is 17.7. The summed E-state index contributed by atoms with van der Waals surface area (Å²) in [7, 11) is -0.822. The van der Waals surface area contributed by atoms with Gasteiger partial charge in [-0.05, 0) is 139 Å². The number of aryl methyl sites for hydroxylation is 1. The number of fused-ring (bicyclic) bond motifs is 7. The zero-order chi connectivity index (χ0) is 57.1. The molecule has 1 unspecified atom stereocenters. The molecule has 10 atom stereocenters. The summed E-state index contributed by atoms with van der Waals surface area (Å²) < 4.78 is 46.3. The van der Waals surface area contributed by atoms with Gasteiger partial charge < -0.3 is 43.1 Å². The average Bonchev–Trinajstić information content (AvgIpc) is 3.91. The SMILES string of the molecule is CC(C)(C)OC(=O)N(CCCCCCOCCCCc1ccccc1)CC(O)c1ccc(C[N+]2(C)CCN(CC(=O)[C@@]34O[C@H](C5CCCCC5)O[C@@H]3C[C@H]3[C@@H]5CCC6=CC(=O)C=C[C@]6(C)[C@H]5[C@@H](O)C[C@@]34C)CC2)c(OP(C)(C)=O)c1. The number of carbonyl (C=O) groups is 3. The van der Waals surface area contributed by atoms with Crippen molar-refractivity contribution in [1.82, 2.24) is 9.80 Å². The third kappa shape index (κ3) is 13.8. The lowest BCUT2D eigenvalue weighted by Crippen LogP contribution is -2.65. The second-order valence-corrected chi connectivity index (χ2v) is 29.9. The van der Waals surface area contributed by atoms with Crippen LogP contribution in [0.15, 0.2) is 72.3 Å². The molecule has 0 spiro atoms. The topological polar surface area (TPSA) is 161 Å². The number of hydrogen-bond donors (Lipinski definition) is 2. The number of aliphatic hydroxyl groups excluding tert-OH is 2. The number of allylic oxidation sites excluding steroid dienone is 4. The van der Waals surface area contributed by atoms with E-state index in [1.54, 1.807) is 36.4 Å². The number of ether oxygens (including phenoxy) is 4. The Morgan fingerprint density at radius 1 is 0.950 bits per heavy atom. The number of rotatable bonds is 23. The molecule has 0 radical (unpaired) electrons. The van der Waals surface area contributed by atoms with Crippen molar-refractivity contribution in [3.8, 4) is 5.75 Å². The molecule has 2 saturated heterocycles. The highest BCUT2D eigenvalue weighted by Gasteiger charge is 2.76. The molecule has 9 rings (SSSR count). The van der Waals surface area contributed by atoms with Crippen LogP contribution in [0.4, 0.5) is 4.79 Å². The molecule has 2 aromatic rings. The van der Waals surface area contributed by atoms with Crippen molar-refractivity contribution in [2.24, 2.45) is 34.5 Å². The van der Waals surface area contributed by atoms with Crippen LogP contribution in [-0.2, 0) is 46.1 Å². The van der Waals surface area contributed by atoms with E-state index in [0.717, 1.165) is 121 Å². The maximum atomic E-state index is 15.6. The van der Waals surface area contributed by atoms with E-state index >= 15 is 4.79 Å². The third-order valence-corrected chi connectivity index (χ3v) is 20.3. The molecule has 2 aliphatic heterocycles. The number of piperazine rings is 1. The first-order valence-corrected chi connectivity index (χ1v) is 33.2. The lowest BCUT2D eigenvalue weighted by molar-refractivity contribution is -0.926. The maximum absolute atomic E-state index is 15.6. The Balaban J connectivity index is 0.822. The second-order valence-electron chi connectivity index (χ2n) is 27.2.